The van der Waals surface area contributed by atoms with Crippen molar-refractivity contribution in [1.82, 2.24) is 0 Å². The van der Waals surface area contributed by atoms with Gasteiger partial charge in [0, 0.05) is 45.9 Å². The van der Waals surface area contributed by atoms with Crippen molar-refractivity contribution in [2.75, 3.05) is 26.7 Å². The fraction of sp³-hybridized carbons (Fsp3) is 0.102. The van der Waals surface area contributed by atoms with E-state index in [-0.39, 0.29) is 95.1 Å². The number of carbonyl (C=O) groups excluding carboxylic acids is 10. The van der Waals surface area contributed by atoms with E-state index in [1.54, 1.807) is 104 Å². The van der Waals surface area contributed by atoms with Gasteiger partial charge in [-0.15, -0.1) is 0 Å². The summed E-state index contributed by atoms with van der Waals surface area (Å²) in [5.74, 6) is -2.05. The van der Waals surface area contributed by atoms with Crippen LogP contribution < -0.4 is 38.5 Å². The average Bonchev–Trinajstić information content (AvgIpc) is 1.73. The van der Waals surface area contributed by atoms with Crippen LogP contribution in [-0.2, 0) is 24.7 Å². The van der Waals surface area contributed by atoms with E-state index in [1.165, 1.54) is 113 Å². The van der Waals surface area contributed by atoms with Gasteiger partial charge in [0.25, 0.3) is 47.3 Å². The van der Waals surface area contributed by atoms with Gasteiger partial charge in [0.1, 0.15) is 40.2 Å². The standard InChI is InChI=1S/C68H42N4O12.C30H30O2/c1-3-37-10-5-12-43(28-37)69-61(75)51-24-20-39(30-55(51)65(69)79)59(73)41-22-26-53-57(32-41)67(81)71(63(53)77)45-14-7-16-47(34-45)83-49-18-9-19-50(36-49)84-48-17-8-15-46(35-48)72-64(78)54-27-23-42(33-58(54)68(72)82)60(74)40-21-25-52-56(31-40)66(80)70(62(52)76)44-13-6-11-38(4-2)29-44;1-22-5-7-23(8-6-22)21-24-9-15-28(16-10-24)32-29-19-13-26(14-20-29)30(2,3)25-11-17-27(31-4)18-12-25/h5-36H,3-4H2,1-2H3;5-20H,21H2,1-4H3. The van der Waals surface area contributed by atoms with Crippen LogP contribution in [0.25, 0.3) is 0 Å². The number of nitrogens with zero attached hydrogens (tertiary/aromatic N) is 4. The van der Waals surface area contributed by atoms with Crippen LogP contribution in [0, 0.1) is 6.92 Å². The monoisotopic (exact) mass is 1530 g/mol. The minimum atomic E-state index is -0.674. The summed E-state index contributed by atoms with van der Waals surface area (Å²) in [6.45, 7) is 10.5. The topological polar surface area (TPSA) is 221 Å². The predicted octanol–water partition coefficient (Wildman–Crippen LogP) is 19.8. The minimum Gasteiger partial charge on any atom is -0.497 e. The number of ketones is 2. The molecule has 0 aliphatic carbocycles. The van der Waals surface area contributed by atoms with Gasteiger partial charge in [-0.25, -0.2) is 19.6 Å². The zero-order valence-electron chi connectivity index (χ0n) is 63.8. The first-order valence-electron chi connectivity index (χ1n) is 37.7. The third-order valence-corrected chi connectivity index (χ3v) is 21.3. The second-order valence-electron chi connectivity index (χ2n) is 29.0. The number of imide groups is 4. The molecular weight excluding hydrogens is 1460 g/mol. The van der Waals surface area contributed by atoms with Crippen molar-refractivity contribution < 1.29 is 66.9 Å². The van der Waals surface area contributed by atoms with Gasteiger partial charge in [-0.3, -0.25) is 47.9 Å². The van der Waals surface area contributed by atoms with Crippen molar-refractivity contribution in [3.8, 4) is 40.2 Å². The normalized spacial score (nSPS) is 13.3. The molecule has 17 rings (SSSR count). The van der Waals surface area contributed by atoms with Gasteiger partial charge in [0.05, 0.1) is 74.4 Å². The van der Waals surface area contributed by atoms with Crippen molar-refractivity contribution in [2.24, 2.45) is 0 Å². The number of benzene rings is 13. The first-order chi connectivity index (χ1) is 56.1. The Bertz CT molecular complexity index is 5990. The highest BCUT2D eigenvalue weighted by molar-refractivity contribution is 6.38. The number of amides is 8. The lowest BCUT2D eigenvalue weighted by Crippen LogP contribution is -2.29. The fourth-order valence-electron chi connectivity index (χ4n) is 14.7. The van der Waals surface area contributed by atoms with Crippen LogP contribution in [0.3, 0.4) is 0 Å². The van der Waals surface area contributed by atoms with Gasteiger partial charge >= 0.3 is 0 Å². The van der Waals surface area contributed by atoms with E-state index >= 15 is 0 Å². The molecule has 4 heterocycles. The minimum absolute atomic E-state index is 0.00104. The van der Waals surface area contributed by atoms with Crippen LogP contribution in [0.5, 0.6) is 40.2 Å². The van der Waals surface area contributed by atoms with Gasteiger partial charge in [0.15, 0.2) is 11.6 Å². The summed E-state index contributed by atoms with van der Waals surface area (Å²) in [6, 6.07) is 84.1. The molecule has 568 valence electrons. The van der Waals surface area contributed by atoms with E-state index in [0.717, 1.165) is 54.4 Å². The number of rotatable bonds is 21. The summed E-state index contributed by atoms with van der Waals surface area (Å²) >= 11 is 0. The Morgan fingerprint density at radius 2 is 0.569 bits per heavy atom. The molecule has 0 saturated heterocycles. The van der Waals surface area contributed by atoms with Gasteiger partial charge in [0.2, 0.25) is 0 Å². The summed E-state index contributed by atoms with van der Waals surface area (Å²) in [7, 11) is 1.69. The summed E-state index contributed by atoms with van der Waals surface area (Å²) < 4.78 is 23.8. The molecule has 116 heavy (non-hydrogen) atoms. The Balaban J connectivity index is 0.000000263. The highest BCUT2D eigenvalue weighted by atomic mass is 16.5. The molecule has 0 fully saturated rings. The molecule has 0 saturated carbocycles. The Morgan fingerprint density at radius 3 is 0.914 bits per heavy atom. The highest BCUT2D eigenvalue weighted by Gasteiger charge is 2.42. The molecule has 0 aromatic heterocycles. The summed E-state index contributed by atoms with van der Waals surface area (Å²) in [5, 5.41) is 0. The summed E-state index contributed by atoms with van der Waals surface area (Å²) in [6.07, 6.45) is 2.34. The lowest BCUT2D eigenvalue weighted by atomic mass is 9.78. The molecule has 13 aromatic rings. The number of carbonyl (C=O) groups is 10. The highest BCUT2D eigenvalue weighted by Crippen LogP contribution is 2.40. The maximum Gasteiger partial charge on any atom is 0.266 e. The molecular formula is C98H72N4O14. The summed E-state index contributed by atoms with van der Waals surface area (Å²) in [5.41, 5.74) is 10.5. The van der Waals surface area contributed by atoms with Gasteiger partial charge < -0.3 is 18.9 Å². The van der Waals surface area contributed by atoms with Gasteiger partial charge in [-0.1, -0.05) is 161 Å². The van der Waals surface area contributed by atoms with Crippen molar-refractivity contribution in [1.29, 1.82) is 0 Å². The number of methoxy groups -OCH3 is 1. The molecule has 0 N–H and O–H groups in total. The fourth-order valence-corrected chi connectivity index (χ4v) is 14.7. The molecule has 18 heteroatoms. The quantitative estimate of drug-likeness (QED) is 0.0482. The molecule has 8 amide bonds. The third kappa shape index (κ3) is 14.4. The van der Waals surface area contributed by atoms with Gasteiger partial charge in [-0.2, -0.15) is 0 Å². The number of hydrogen-bond donors (Lipinski definition) is 0. The van der Waals surface area contributed by atoms with E-state index in [0.29, 0.717) is 35.7 Å². The van der Waals surface area contributed by atoms with Crippen LogP contribution in [0.4, 0.5) is 22.7 Å². The lowest BCUT2D eigenvalue weighted by molar-refractivity contribution is 0.0910. The van der Waals surface area contributed by atoms with E-state index in [2.05, 4.69) is 81.4 Å². The maximum absolute atomic E-state index is 14.0. The van der Waals surface area contributed by atoms with Crippen LogP contribution in [0.15, 0.2) is 291 Å². The Morgan fingerprint density at radius 1 is 0.284 bits per heavy atom. The van der Waals surface area contributed by atoms with Crippen LogP contribution in [0.2, 0.25) is 0 Å². The molecule has 0 bridgehead atoms. The van der Waals surface area contributed by atoms with Crippen LogP contribution in [0.1, 0.15) is 181 Å². The molecule has 0 radical (unpaired) electrons. The first-order valence-corrected chi connectivity index (χ1v) is 37.7. The van der Waals surface area contributed by atoms with E-state index in [1.807, 2.05) is 62.4 Å². The third-order valence-electron chi connectivity index (χ3n) is 21.3. The molecule has 0 unspecified atom stereocenters. The van der Waals surface area contributed by atoms with Gasteiger partial charge in [-0.05, 0) is 205 Å². The number of ether oxygens (including phenoxy) is 4. The Hall–Kier alpha value is -15.0. The second-order valence-corrected chi connectivity index (χ2v) is 29.0. The average molecular weight is 1530 g/mol. The first kappa shape index (κ1) is 75.0. The van der Waals surface area contributed by atoms with Crippen molar-refractivity contribution in [2.45, 2.75) is 59.3 Å². The second kappa shape index (κ2) is 30.9. The molecule has 0 spiro atoms. The summed E-state index contributed by atoms with van der Waals surface area (Å²) in [4.78, 5) is 142. The zero-order valence-corrected chi connectivity index (χ0v) is 63.8. The number of anilines is 4. The van der Waals surface area contributed by atoms with E-state index in [4.69, 9.17) is 18.9 Å². The zero-order chi connectivity index (χ0) is 80.8. The SMILES string of the molecule is CCc1cccc(N2C(=O)c3ccc(C(=O)c4ccc5c(c4)C(=O)N(c4cccc(Oc6cccc(Oc7cccc(N8C(=O)c9ccc(C(=O)c%10ccc%11c(c%10)C(=O)N(c%10cccc(CC)c%10)C%11=O)cc9C8=O)c7)c6)c4)C5=O)cc3C2=O)c1.COc1ccc(C(C)(C)c2ccc(Oc3ccc(Cc4ccc(C)cc4)cc3)cc2)cc1. The molecule has 18 nitrogen and oxygen atoms in total. The van der Waals surface area contributed by atoms with Crippen molar-refractivity contribution in [3.63, 3.8) is 0 Å². The Kier molecular flexibility index (Phi) is 20.0. The lowest BCUT2D eigenvalue weighted by Gasteiger charge is -2.26. The number of fused-ring (bicyclic) bond motifs is 4. The largest absolute Gasteiger partial charge is 0.497 e. The van der Waals surface area contributed by atoms with Crippen LogP contribution in [-0.4, -0.2) is 65.9 Å². The maximum atomic E-state index is 14.0. The van der Waals surface area contributed by atoms with E-state index in [9.17, 15) is 47.9 Å². The Labute approximate surface area is 668 Å². The van der Waals surface area contributed by atoms with E-state index < -0.39 is 58.8 Å². The number of hydrogen-bond acceptors (Lipinski definition) is 14. The molecule has 4 aliphatic heterocycles. The molecule has 13 aromatic carbocycles. The molecule has 0 atom stereocenters. The number of aryl methyl sites for hydroxylation is 3. The smallest absolute Gasteiger partial charge is 0.266 e. The predicted molar refractivity (Wildman–Crippen MR) is 440 cm³/mol. The van der Waals surface area contributed by atoms with Crippen molar-refractivity contribution in [3.05, 3.63) is 397 Å². The van der Waals surface area contributed by atoms with Crippen molar-refractivity contribution >= 4 is 81.6 Å². The van der Waals surface area contributed by atoms with Crippen LogP contribution >= 0.6 is 0 Å². The molecule has 4 aliphatic rings.